The third-order valence-electron chi connectivity index (χ3n) is 5.22. The quantitative estimate of drug-likeness (QED) is 0.726. The summed E-state index contributed by atoms with van der Waals surface area (Å²) >= 11 is 0. The molecule has 28 heavy (non-hydrogen) atoms. The van der Waals surface area contributed by atoms with Crippen LogP contribution in [0.25, 0.3) is 22.0 Å². The lowest BCUT2D eigenvalue weighted by atomic mass is 9.96. The molecule has 4 rings (SSSR count). The van der Waals surface area contributed by atoms with Gasteiger partial charge in [-0.1, -0.05) is 12.1 Å². The number of likely N-dealkylation sites (tertiary alicyclic amines) is 1. The van der Waals surface area contributed by atoms with Gasteiger partial charge in [0, 0.05) is 35.5 Å². The minimum absolute atomic E-state index is 0.00845. The minimum Gasteiger partial charge on any atom is -0.392 e. The van der Waals surface area contributed by atoms with Crippen LogP contribution in [0, 0.1) is 5.92 Å². The summed E-state index contributed by atoms with van der Waals surface area (Å²) in [6.07, 6.45) is 6.83. The number of piperidine rings is 1. The van der Waals surface area contributed by atoms with E-state index in [-0.39, 0.29) is 18.4 Å². The number of nitrogens with one attached hydrogen (secondary N) is 1. The van der Waals surface area contributed by atoms with Crippen molar-refractivity contribution in [1.29, 1.82) is 0 Å². The number of pyridine rings is 1. The number of benzene rings is 1. The number of aromatic nitrogens is 3. The van der Waals surface area contributed by atoms with Crippen LogP contribution in [0.5, 0.6) is 0 Å². The smallest absolute Gasteiger partial charge is 0.229 e. The molecular formula is C21H23N5O2. The molecule has 0 radical (unpaired) electrons. The molecule has 0 atom stereocenters. The molecule has 1 aliphatic rings. The number of rotatable bonds is 4. The van der Waals surface area contributed by atoms with Crippen LogP contribution in [0.1, 0.15) is 18.4 Å². The summed E-state index contributed by atoms with van der Waals surface area (Å²) in [6.45, 7) is 1.81. The number of anilines is 1. The lowest BCUT2D eigenvalue weighted by Crippen LogP contribution is -2.36. The molecule has 3 aromatic rings. The van der Waals surface area contributed by atoms with Crippen LogP contribution in [0.3, 0.4) is 0 Å². The Balaban J connectivity index is 1.56. The maximum Gasteiger partial charge on any atom is 0.229 e. The first-order valence-corrected chi connectivity index (χ1v) is 9.44. The Morgan fingerprint density at radius 2 is 2.00 bits per heavy atom. The topological polar surface area (TPSA) is 91.2 Å². The summed E-state index contributed by atoms with van der Waals surface area (Å²) in [5, 5.41) is 13.1. The van der Waals surface area contributed by atoms with Gasteiger partial charge in [-0.05, 0) is 56.2 Å². The summed E-state index contributed by atoms with van der Waals surface area (Å²) in [6, 6.07) is 7.76. The fourth-order valence-electron chi connectivity index (χ4n) is 3.48. The van der Waals surface area contributed by atoms with Crippen LogP contribution in [0.15, 0.2) is 42.9 Å². The molecule has 1 amide bonds. The van der Waals surface area contributed by atoms with Crippen LogP contribution >= 0.6 is 0 Å². The molecule has 1 saturated heterocycles. The number of aliphatic hydroxyl groups excluding tert-OH is 1. The van der Waals surface area contributed by atoms with E-state index < -0.39 is 0 Å². The van der Waals surface area contributed by atoms with Crippen LogP contribution in [-0.2, 0) is 11.4 Å². The SMILES string of the molecule is CN1CCC(C(=O)Nc2ncc3ccc(-c4cncc(CO)c4)cc3n2)CC1. The second-order valence-corrected chi connectivity index (χ2v) is 7.27. The van der Waals surface area contributed by atoms with Crippen molar-refractivity contribution in [3.63, 3.8) is 0 Å². The first kappa shape index (κ1) is 18.5. The van der Waals surface area contributed by atoms with Gasteiger partial charge in [-0.25, -0.2) is 9.97 Å². The lowest BCUT2D eigenvalue weighted by Gasteiger charge is -2.27. The monoisotopic (exact) mass is 377 g/mol. The molecule has 0 aliphatic carbocycles. The second kappa shape index (κ2) is 8.00. The number of aliphatic hydroxyl groups is 1. The van der Waals surface area contributed by atoms with Crippen molar-refractivity contribution in [2.24, 2.45) is 5.92 Å². The van der Waals surface area contributed by atoms with Crippen molar-refractivity contribution in [2.75, 3.05) is 25.5 Å². The van der Waals surface area contributed by atoms with E-state index in [9.17, 15) is 9.90 Å². The molecule has 7 heteroatoms. The van der Waals surface area contributed by atoms with E-state index in [0.29, 0.717) is 5.95 Å². The average Bonchev–Trinajstić information content (AvgIpc) is 2.73. The van der Waals surface area contributed by atoms with Gasteiger partial charge in [0.25, 0.3) is 0 Å². The highest BCUT2D eigenvalue weighted by molar-refractivity contribution is 5.92. The van der Waals surface area contributed by atoms with E-state index in [0.717, 1.165) is 53.5 Å². The normalized spacial score (nSPS) is 15.6. The molecule has 1 fully saturated rings. The summed E-state index contributed by atoms with van der Waals surface area (Å²) in [5.74, 6) is 0.327. The predicted octanol–water partition coefficient (Wildman–Crippen LogP) is 2.46. The number of fused-ring (bicyclic) bond motifs is 1. The van der Waals surface area contributed by atoms with Crippen LogP contribution in [0.2, 0.25) is 0 Å². The lowest BCUT2D eigenvalue weighted by molar-refractivity contribution is -0.121. The largest absolute Gasteiger partial charge is 0.392 e. The average molecular weight is 377 g/mol. The van der Waals surface area contributed by atoms with Gasteiger partial charge in [0.15, 0.2) is 0 Å². The van der Waals surface area contributed by atoms with Crippen LogP contribution in [-0.4, -0.2) is 51.0 Å². The van der Waals surface area contributed by atoms with Crippen molar-refractivity contribution < 1.29 is 9.90 Å². The Morgan fingerprint density at radius 1 is 1.18 bits per heavy atom. The van der Waals surface area contributed by atoms with Crippen LogP contribution in [0.4, 0.5) is 5.95 Å². The zero-order valence-corrected chi connectivity index (χ0v) is 15.8. The zero-order valence-electron chi connectivity index (χ0n) is 15.8. The molecule has 1 aliphatic heterocycles. The van der Waals surface area contributed by atoms with Gasteiger partial charge in [-0.2, -0.15) is 0 Å². The Morgan fingerprint density at radius 3 is 2.79 bits per heavy atom. The van der Waals surface area contributed by atoms with Crippen molar-refractivity contribution in [3.05, 3.63) is 48.4 Å². The molecule has 0 saturated carbocycles. The van der Waals surface area contributed by atoms with E-state index in [1.807, 2.05) is 24.3 Å². The van der Waals surface area contributed by atoms with Crippen molar-refractivity contribution >= 4 is 22.8 Å². The second-order valence-electron chi connectivity index (χ2n) is 7.27. The molecule has 3 heterocycles. The Hall–Kier alpha value is -2.90. The first-order valence-electron chi connectivity index (χ1n) is 9.44. The third-order valence-corrected chi connectivity index (χ3v) is 5.22. The Labute approximate surface area is 163 Å². The number of nitrogens with zero attached hydrogens (tertiary/aromatic N) is 4. The zero-order chi connectivity index (χ0) is 19.5. The van der Waals surface area contributed by atoms with Crippen LogP contribution < -0.4 is 5.32 Å². The van der Waals surface area contributed by atoms with Crippen molar-refractivity contribution in [2.45, 2.75) is 19.4 Å². The maximum absolute atomic E-state index is 12.5. The van der Waals surface area contributed by atoms with Gasteiger partial charge in [0.1, 0.15) is 0 Å². The molecule has 2 aromatic heterocycles. The minimum atomic E-state index is -0.0519. The van der Waals surface area contributed by atoms with Gasteiger partial charge in [0.2, 0.25) is 11.9 Å². The standard InChI is InChI=1S/C21H23N5O2/c1-26-6-4-15(5-7-26)20(28)25-21-23-12-17-3-2-16(9-19(17)24-21)18-8-14(13-27)10-22-11-18/h2-3,8-12,15,27H,4-7,13H2,1H3,(H,23,24,25,28). The number of hydrogen-bond acceptors (Lipinski definition) is 6. The van der Waals surface area contributed by atoms with Gasteiger partial charge in [-0.3, -0.25) is 15.1 Å². The molecule has 0 unspecified atom stereocenters. The summed E-state index contributed by atoms with van der Waals surface area (Å²) in [7, 11) is 2.07. The third kappa shape index (κ3) is 4.00. The highest BCUT2D eigenvalue weighted by Gasteiger charge is 2.23. The molecule has 7 nitrogen and oxygen atoms in total. The molecule has 0 bridgehead atoms. The van der Waals surface area contributed by atoms with E-state index in [4.69, 9.17) is 0 Å². The Kier molecular flexibility index (Phi) is 5.27. The molecule has 0 spiro atoms. The number of carbonyl (C=O) groups is 1. The fourth-order valence-corrected chi connectivity index (χ4v) is 3.48. The highest BCUT2D eigenvalue weighted by Crippen LogP contribution is 2.24. The van der Waals surface area contributed by atoms with Gasteiger partial charge < -0.3 is 10.0 Å². The van der Waals surface area contributed by atoms with Gasteiger partial charge >= 0.3 is 0 Å². The van der Waals surface area contributed by atoms with Crippen molar-refractivity contribution in [3.8, 4) is 11.1 Å². The van der Waals surface area contributed by atoms with E-state index in [1.165, 1.54) is 0 Å². The first-order chi connectivity index (χ1) is 13.6. The Bertz CT molecular complexity index is 999. The summed E-state index contributed by atoms with van der Waals surface area (Å²) < 4.78 is 0. The molecule has 1 aromatic carbocycles. The number of carbonyl (C=O) groups excluding carboxylic acids is 1. The highest BCUT2D eigenvalue weighted by atomic mass is 16.3. The number of amides is 1. The van der Waals surface area contributed by atoms with Gasteiger partial charge in [-0.15, -0.1) is 0 Å². The van der Waals surface area contributed by atoms with E-state index >= 15 is 0 Å². The van der Waals surface area contributed by atoms with Crippen molar-refractivity contribution in [1.82, 2.24) is 19.9 Å². The summed E-state index contributed by atoms with van der Waals surface area (Å²) in [4.78, 5) is 27.8. The number of hydrogen-bond donors (Lipinski definition) is 2. The fraction of sp³-hybridized carbons (Fsp3) is 0.333. The molecule has 144 valence electrons. The predicted molar refractivity (Wildman–Crippen MR) is 108 cm³/mol. The molecule has 2 N–H and O–H groups in total. The summed E-state index contributed by atoms with van der Waals surface area (Å²) in [5.41, 5.74) is 3.36. The maximum atomic E-state index is 12.5. The van der Waals surface area contributed by atoms with E-state index in [2.05, 4.69) is 32.2 Å². The van der Waals surface area contributed by atoms with E-state index in [1.54, 1.807) is 18.6 Å². The molecular weight excluding hydrogens is 354 g/mol. The van der Waals surface area contributed by atoms with Gasteiger partial charge in [0.05, 0.1) is 12.1 Å².